The van der Waals surface area contributed by atoms with Gasteiger partial charge in [0.25, 0.3) is 5.60 Å². The minimum Gasteiger partial charge on any atom is -0.479 e. The fourth-order valence-electron chi connectivity index (χ4n) is 2.70. The Morgan fingerprint density at radius 1 is 1.21 bits per heavy atom. The molecule has 0 aromatic rings. The molecule has 2 N–H and O–H groups in total. The molecule has 138 valence electrons. The molecule has 0 aromatic heterocycles. The zero-order chi connectivity index (χ0) is 18.5. The van der Waals surface area contributed by atoms with Gasteiger partial charge in [-0.15, -0.1) is 0 Å². The number of likely N-dealkylation sites (tertiary alicyclic amines) is 1. The molecule has 24 heavy (non-hydrogen) atoms. The minimum absolute atomic E-state index is 0.164. The van der Waals surface area contributed by atoms with Crippen LogP contribution in [0.15, 0.2) is 0 Å². The number of rotatable bonds is 5. The second kappa shape index (κ2) is 7.83. The van der Waals surface area contributed by atoms with Crippen LogP contribution in [0, 0.1) is 0 Å². The number of carbonyl (C=O) groups is 3. The number of aliphatic hydroxyl groups is 1. The van der Waals surface area contributed by atoms with Gasteiger partial charge < -0.3 is 24.6 Å². The molecule has 8 heteroatoms. The fourth-order valence-corrected chi connectivity index (χ4v) is 2.70. The maximum atomic E-state index is 12.3. The third kappa shape index (κ3) is 5.09. The van der Waals surface area contributed by atoms with Crippen LogP contribution in [-0.2, 0) is 19.1 Å². The predicted octanol–water partition coefficient (Wildman–Crippen LogP) is 1.54. The topological polar surface area (TPSA) is 113 Å². The standard InChI is InChI=1S/C16H27NO7/c1-15(2,3)24-14(21)17-10-6-5-7-11(17)8-9-16(22,12(18)19)13(20)23-4/h11,22H,5-10H2,1-4H3,(H,18,19)/t11?,16-/m0/s1. The molecule has 1 amide bonds. The Labute approximate surface area is 141 Å². The first-order valence-corrected chi connectivity index (χ1v) is 8.05. The third-order valence-corrected chi connectivity index (χ3v) is 3.97. The molecule has 2 atom stereocenters. The number of carboxylic acid groups (broad SMARTS) is 1. The quantitative estimate of drug-likeness (QED) is 0.574. The van der Waals surface area contributed by atoms with Crippen molar-refractivity contribution in [2.75, 3.05) is 13.7 Å². The van der Waals surface area contributed by atoms with Gasteiger partial charge in [-0.3, -0.25) is 0 Å². The van der Waals surface area contributed by atoms with E-state index >= 15 is 0 Å². The molecule has 0 spiro atoms. The first-order chi connectivity index (χ1) is 11.0. The molecule has 1 heterocycles. The normalized spacial score (nSPS) is 20.9. The number of nitrogens with zero attached hydrogens (tertiary/aromatic N) is 1. The lowest BCUT2D eigenvalue weighted by Gasteiger charge is -2.37. The number of carboxylic acids is 1. The second-order valence-electron chi connectivity index (χ2n) is 7.02. The number of hydrogen-bond donors (Lipinski definition) is 2. The summed E-state index contributed by atoms with van der Waals surface area (Å²) >= 11 is 0. The van der Waals surface area contributed by atoms with E-state index in [9.17, 15) is 19.5 Å². The van der Waals surface area contributed by atoms with Gasteiger partial charge in [0, 0.05) is 19.0 Å². The Kier molecular flexibility index (Phi) is 6.59. The van der Waals surface area contributed by atoms with Gasteiger partial charge in [0.15, 0.2) is 0 Å². The van der Waals surface area contributed by atoms with Gasteiger partial charge in [0.1, 0.15) is 5.60 Å². The van der Waals surface area contributed by atoms with E-state index in [0.717, 1.165) is 20.0 Å². The molecular formula is C16H27NO7. The molecule has 8 nitrogen and oxygen atoms in total. The number of hydrogen-bond acceptors (Lipinski definition) is 6. The van der Waals surface area contributed by atoms with Gasteiger partial charge in [0.2, 0.25) is 0 Å². The number of methoxy groups -OCH3 is 1. The van der Waals surface area contributed by atoms with Crippen molar-refractivity contribution in [1.29, 1.82) is 0 Å². The number of carbonyl (C=O) groups excluding carboxylic acids is 2. The number of aliphatic carboxylic acids is 1. The first-order valence-electron chi connectivity index (χ1n) is 8.05. The number of esters is 1. The second-order valence-corrected chi connectivity index (χ2v) is 7.02. The molecule has 0 aliphatic carbocycles. The maximum Gasteiger partial charge on any atom is 0.410 e. The van der Waals surface area contributed by atoms with Gasteiger partial charge in [-0.25, -0.2) is 14.4 Å². The van der Waals surface area contributed by atoms with Crippen molar-refractivity contribution < 1.29 is 34.1 Å². The molecule has 1 rings (SSSR count). The highest BCUT2D eigenvalue weighted by Gasteiger charge is 2.46. The SMILES string of the molecule is COC(=O)[C@](O)(CCC1CCCCN1C(=O)OC(C)(C)C)C(=O)O. The number of ether oxygens (including phenoxy) is 2. The molecular weight excluding hydrogens is 318 g/mol. The lowest BCUT2D eigenvalue weighted by Crippen LogP contribution is -2.50. The zero-order valence-electron chi connectivity index (χ0n) is 14.7. The Morgan fingerprint density at radius 2 is 1.83 bits per heavy atom. The van der Waals surface area contributed by atoms with Crippen LogP contribution in [0.4, 0.5) is 4.79 Å². The molecule has 1 aliphatic rings. The summed E-state index contributed by atoms with van der Waals surface area (Å²) in [6.45, 7) is 5.81. The lowest BCUT2D eigenvalue weighted by molar-refractivity contribution is -0.179. The van der Waals surface area contributed by atoms with E-state index in [2.05, 4.69) is 4.74 Å². The lowest BCUT2D eigenvalue weighted by atomic mass is 9.91. The van der Waals surface area contributed by atoms with Gasteiger partial charge in [-0.1, -0.05) is 0 Å². The van der Waals surface area contributed by atoms with Crippen LogP contribution >= 0.6 is 0 Å². The van der Waals surface area contributed by atoms with Crippen molar-refractivity contribution in [3.63, 3.8) is 0 Å². The van der Waals surface area contributed by atoms with E-state index in [0.29, 0.717) is 13.0 Å². The molecule has 1 fully saturated rings. The van der Waals surface area contributed by atoms with Crippen LogP contribution in [-0.4, -0.2) is 64.0 Å². The van der Waals surface area contributed by atoms with Crippen molar-refractivity contribution in [2.45, 2.75) is 70.1 Å². The summed E-state index contributed by atoms with van der Waals surface area (Å²) in [5, 5.41) is 19.2. The molecule has 0 saturated carbocycles. The van der Waals surface area contributed by atoms with Crippen molar-refractivity contribution in [3.8, 4) is 0 Å². The summed E-state index contributed by atoms with van der Waals surface area (Å²) in [4.78, 5) is 36.7. The largest absolute Gasteiger partial charge is 0.479 e. The zero-order valence-corrected chi connectivity index (χ0v) is 14.7. The van der Waals surface area contributed by atoms with E-state index < -0.39 is 29.2 Å². The fraction of sp³-hybridized carbons (Fsp3) is 0.812. The Balaban J connectivity index is 2.80. The maximum absolute atomic E-state index is 12.3. The first kappa shape index (κ1) is 20.2. The van der Waals surface area contributed by atoms with E-state index in [-0.39, 0.29) is 18.9 Å². The molecule has 0 bridgehead atoms. The summed E-state index contributed by atoms with van der Waals surface area (Å²) in [5.74, 6) is -2.87. The van der Waals surface area contributed by atoms with Gasteiger partial charge in [-0.2, -0.15) is 0 Å². The number of amides is 1. The Bertz CT molecular complexity index is 485. The number of piperidine rings is 1. The summed E-state index contributed by atoms with van der Waals surface area (Å²) in [6, 6.07) is -0.288. The molecule has 1 aliphatic heterocycles. The van der Waals surface area contributed by atoms with E-state index in [1.807, 2.05) is 0 Å². The highest BCUT2D eigenvalue weighted by molar-refractivity contribution is 6.02. The van der Waals surface area contributed by atoms with Crippen LogP contribution in [0.3, 0.4) is 0 Å². The van der Waals surface area contributed by atoms with Gasteiger partial charge in [-0.05, 0) is 46.5 Å². The monoisotopic (exact) mass is 345 g/mol. The highest BCUT2D eigenvalue weighted by atomic mass is 16.6. The third-order valence-electron chi connectivity index (χ3n) is 3.97. The summed E-state index contributed by atoms with van der Waals surface area (Å²) in [5.41, 5.74) is -3.24. The molecule has 1 unspecified atom stereocenters. The Hall–Kier alpha value is -1.83. The summed E-state index contributed by atoms with van der Waals surface area (Å²) < 4.78 is 9.75. The van der Waals surface area contributed by atoms with Crippen molar-refractivity contribution in [1.82, 2.24) is 4.90 Å². The van der Waals surface area contributed by atoms with Crippen molar-refractivity contribution in [2.24, 2.45) is 0 Å². The van der Waals surface area contributed by atoms with Crippen LogP contribution in [0.2, 0.25) is 0 Å². The van der Waals surface area contributed by atoms with Crippen molar-refractivity contribution >= 4 is 18.0 Å². The predicted molar refractivity (Wildman–Crippen MR) is 84.4 cm³/mol. The van der Waals surface area contributed by atoms with Gasteiger partial charge in [0.05, 0.1) is 7.11 Å². The molecule has 0 aromatic carbocycles. The van der Waals surface area contributed by atoms with Crippen LogP contribution in [0.25, 0.3) is 0 Å². The summed E-state index contributed by atoms with van der Waals surface area (Å²) in [6.07, 6.45) is 1.74. The minimum atomic E-state index is -2.61. The van der Waals surface area contributed by atoms with Crippen molar-refractivity contribution in [3.05, 3.63) is 0 Å². The van der Waals surface area contributed by atoms with Crippen LogP contribution in [0.5, 0.6) is 0 Å². The van der Waals surface area contributed by atoms with E-state index in [1.54, 1.807) is 25.7 Å². The Morgan fingerprint density at radius 3 is 2.33 bits per heavy atom. The molecule has 0 radical (unpaired) electrons. The van der Waals surface area contributed by atoms with Crippen LogP contribution in [0.1, 0.15) is 52.9 Å². The molecule has 1 saturated heterocycles. The van der Waals surface area contributed by atoms with E-state index in [4.69, 9.17) is 9.84 Å². The van der Waals surface area contributed by atoms with E-state index in [1.165, 1.54) is 0 Å². The average molecular weight is 345 g/mol. The smallest absolute Gasteiger partial charge is 0.410 e. The highest BCUT2D eigenvalue weighted by Crippen LogP contribution is 2.26. The van der Waals surface area contributed by atoms with Gasteiger partial charge >= 0.3 is 18.0 Å². The summed E-state index contributed by atoms with van der Waals surface area (Å²) in [7, 11) is 1.02. The van der Waals surface area contributed by atoms with Crippen LogP contribution < -0.4 is 0 Å². The average Bonchev–Trinajstić information content (AvgIpc) is 2.50.